The average molecular weight is 448 g/mol. The van der Waals surface area contributed by atoms with Gasteiger partial charge in [-0.15, -0.1) is 0 Å². The molecule has 1 saturated carbocycles. The van der Waals surface area contributed by atoms with Gasteiger partial charge in [0.2, 0.25) is 5.88 Å². The van der Waals surface area contributed by atoms with E-state index in [1.54, 1.807) is 6.07 Å². The lowest BCUT2D eigenvalue weighted by Gasteiger charge is -2.28. The molecule has 0 bridgehead atoms. The zero-order valence-corrected chi connectivity index (χ0v) is 18.5. The minimum atomic E-state index is -0.758. The lowest BCUT2D eigenvalue weighted by atomic mass is 9.88. The molecule has 2 aromatic carbocycles. The van der Waals surface area contributed by atoms with Gasteiger partial charge in [0.15, 0.2) is 0 Å². The van der Waals surface area contributed by atoms with E-state index in [-0.39, 0.29) is 18.4 Å². The second-order valence-corrected chi connectivity index (χ2v) is 8.88. The summed E-state index contributed by atoms with van der Waals surface area (Å²) in [4.78, 5) is 15.3. The van der Waals surface area contributed by atoms with Crippen LogP contribution in [0.4, 0.5) is 4.39 Å². The Kier molecular flexibility index (Phi) is 5.75. The maximum absolute atomic E-state index is 14.3. The highest BCUT2D eigenvalue weighted by molar-refractivity contribution is 5.68. The van der Waals surface area contributed by atoms with Crippen molar-refractivity contribution in [1.29, 1.82) is 0 Å². The molecule has 1 aromatic heterocycles. The summed E-state index contributed by atoms with van der Waals surface area (Å²) in [6.07, 6.45) is 5.15. The number of aryl methyl sites for hydroxylation is 1. The van der Waals surface area contributed by atoms with E-state index in [4.69, 9.17) is 9.47 Å². The number of nitrogens with zero attached hydrogens (tertiary/aromatic N) is 1. The monoisotopic (exact) mass is 447 g/mol. The molecule has 1 aliphatic carbocycles. The third-order valence-corrected chi connectivity index (χ3v) is 6.68. The first kappa shape index (κ1) is 21.4. The van der Waals surface area contributed by atoms with Crippen LogP contribution in [0.1, 0.15) is 54.4 Å². The molecule has 0 spiro atoms. The van der Waals surface area contributed by atoms with E-state index in [9.17, 15) is 14.3 Å². The van der Waals surface area contributed by atoms with E-state index in [1.807, 2.05) is 30.3 Å². The summed E-state index contributed by atoms with van der Waals surface area (Å²) in [6, 6.07) is 15.5. The molecular formula is C27H26FNO4. The highest BCUT2D eigenvalue weighted by Gasteiger charge is 2.34. The molecule has 5 nitrogen and oxygen atoms in total. The van der Waals surface area contributed by atoms with Crippen LogP contribution in [0.5, 0.6) is 11.6 Å². The van der Waals surface area contributed by atoms with Gasteiger partial charge in [0.05, 0.1) is 19.7 Å². The second kappa shape index (κ2) is 8.85. The Labute approximate surface area is 192 Å². The van der Waals surface area contributed by atoms with Crippen molar-refractivity contribution in [3.8, 4) is 22.8 Å². The SMILES string of the molecule is COc1cc(-c2ccc(C3CCc4ccc(C(CC(=O)O)C5CC5)cc4O3)cc2)c(F)cn1. The molecule has 3 aromatic rings. The molecule has 2 unspecified atom stereocenters. The van der Waals surface area contributed by atoms with Gasteiger partial charge >= 0.3 is 5.97 Å². The van der Waals surface area contributed by atoms with Gasteiger partial charge in [-0.3, -0.25) is 4.79 Å². The van der Waals surface area contributed by atoms with Crippen molar-refractivity contribution < 1.29 is 23.8 Å². The van der Waals surface area contributed by atoms with Gasteiger partial charge in [-0.2, -0.15) is 0 Å². The molecular weight excluding hydrogens is 421 g/mol. The number of aliphatic carboxylic acids is 1. The van der Waals surface area contributed by atoms with E-state index >= 15 is 0 Å². The third kappa shape index (κ3) is 4.56. The fourth-order valence-corrected chi connectivity index (χ4v) is 4.72. The molecule has 2 heterocycles. The van der Waals surface area contributed by atoms with Gasteiger partial charge < -0.3 is 14.6 Å². The zero-order valence-electron chi connectivity index (χ0n) is 18.5. The van der Waals surface area contributed by atoms with Crippen LogP contribution >= 0.6 is 0 Å². The van der Waals surface area contributed by atoms with Crippen LogP contribution < -0.4 is 9.47 Å². The molecule has 6 heteroatoms. The highest BCUT2D eigenvalue weighted by Crippen LogP contribution is 2.46. The summed E-state index contributed by atoms with van der Waals surface area (Å²) >= 11 is 0. The maximum Gasteiger partial charge on any atom is 0.303 e. The lowest BCUT2D eigenvalue weighted by molar-refractivity contribution is -0.137. The minimum Gasteiger partial charge on any atom is -0.485 e. The number of halogens is 1. The smallest absolute Gasteiger partial charge is 0.303 e. The van der Waals surface area contributed by atoms with Crippen LogP contribution in [0.25, 0.3) is 11.1 Å². The first-order valence-electron chi connectivity index (χ1n) is 11.3. The molecule has 0 radical (unpaired) electrons. The first-order valence-corrected chi connectivity index (χ1v) is 11.3. The molecule has 170 valence electrons. The molecule has 2 atom stereocenters. The summed E-state index contributed by atoms with van der Waals surface area (Å²) in [6.45, 7) is 0. The molecule has 33 heavy (non-hydrogen) atoms. The largest absolute Gasteiger partial charge is 0.485 e. The zero-order chi connectivity index (χ0) is 22.9. The topological polar surface area (TPSA) is 68.7 Å². The quantitative estimate of drug-likeness (QED) is 0.486. The number of carboxylic acid groups (broad SMARTS) is 1. The van der Waals surface area contributed by atoms with E-state index in [2.05, 4.69) is 17.1 Å². The van der Waals surface area contributed by atoms with Crippen molar-refractivity contribution in [2.45, 2.75) is 44.1 Å². The Balaban J connectivity index is 1.36. The number of pyridine rings is 1. The lowest BCUT2D eigenvalue weighted by Crippen LogP contribution is -2.16. The van der Waals surface area contributed by atoms with Crippen molar-refractivity contribution in [2.24, 2.45) is 5.92 Å². The Morgan fingerprint density at radius 1 is 1.18 bits per heavy atom. The maximum atomic E-state index is 14.3. The van der Waals surface area contributed by atoms with Crippen LogP contribution in [-0.4, -0.2) is 23.2 Å². The number of ether oxygens (including phenoxy) is 2. The molecule has 0 amide bonds. The number of benzene rings is 2. The summed E-state index contributed by atoms with van der Waals surface area (Å²) in [5, 5.41) is 9.34. The number of hydrogen-bond donors (Lipinski definition) is 1. The van der Waals surface area contributed by atoms with E-state index in [1.165, 1.54) is 13.3 Å². The van der Waals surface area contributed by atoms with E-state index in [0.717, 1.165) is 53.7 Å². The number of fused-ring (bicyclic) bond motifs is 1. The van der Waals surface area contributed by atoms with Gasteiger partial charge in [0.25, 0.3) is 0 Å². The highest BCUT2D eigenvalue weighted by atomic mass is 19.1. The first-order chi connectivity index (χ1) is 16.0. The number of carboxylic acids is 1. The molecule has 1 aliphatic heterocycles. The van der Waals surface area contributed by atoms with Crippen molar-refractivity contribution in [2.75, 3.05) is 7.11 Å². The third-order valence-electron chi connectivity index (χ3n) is 6.68. The molecule has 1 fully saturated rings. The van der Waals surface area contributed by atoms with Crippen molar-refractivity contribution in [3.63, 3.8) is 0 Å². The summed E-state index contributed by atoms with van der Waals surface area (Å²) in [5.74, 6) is 0.554. The Hall–Kier alpha value is -3.41. The molecule has 2 aliphatic rings. The van der Waals surface area contributed by atoms with Gasteiger partial charge in [-0.25, -0.2) is 9.37 Å². The van der Waals surface area contributed by atoms with Crippen molar-refractivity contribution in [1.82, 2.24) is 4.98 Å². The summed E-state index contributed by atoms with van der Waals surface area (Å²) in [5.41, 5.74) is 4.42. The van der Waals surface area contributed by atoms with Crippen molar-refractivity contribution >= 4 is 5.97 Å². The van der Waals surface area contributed by atoms with Crippen LogP contribution in [0.3, 0.4) is 0 Å². The van der Waals surface area contributed by atoms with Crippen LogP contribution in [0.2, 0.25) is 0 Å². The number of methoxy groups -OCH3 is 1. The van der Waals surface area contributed by atoms with E-state index in [0.29, 0.717) is 17.4 Å². The number of carbonyl (C=O) groups is 1. The second-order valence-electron chi connectivity index (χ2n) is 8.88. The fourth-order valence-electron chi connectivity index (χ4n) is 4.72. The van der Waals surface area contributed by atoms with Crippen LogP contribution in [0, 0.1) is 11.7 Å². The molecule has 5 rings (SSSR count). The van der Waals surface area contributed by atoms with Gasteiger partial charge in [0.1, 0.15) is 17.7 Å². The molecule has 0 saturated heterocycles. The van der Waals surface area contributed by atoms with Gasteiger partial charge in [-0.05, 0) is 65.8 Å². The normalized spacial score (nSPS) is 18.2. The summed E-state index contributed by atoms with van der Waals surface area (Å²) in [7, 11) is 1.51. The van der Waals surface area contributed by atoms with Crippen LogP contribution in [-0.2, 0) is 11.2 Å². The Morgan fingerprint density at radius 3 is 2.67 bits per heavy atom. The Morgan fingerprint density at radius 2 is 1.97 bits per heavy atom. The Bertz CT molecular complexity index is 1170. The average Bonchev–Trinajstić information content (AvgIpc) is 3.68. The predicted molar refractivity (Wildman–Crippen MR) is 122 cm³/mol. The van der Waals surface area contributed by atoms with Crippen molar-refractivity contribution in [3.05, 3.63) is 77.2 Å². The van der Waals surface area contributed by atoms with E-state index < -0.39 is 11.8 Å². The minimum absolute atomic E-state index is 0.0447. The summed E-state index contributed by atoms with van der Waals surface area (Å²) < 4.78 is 25.8. The fraction of sp³-hybridized carbons (Fsp3) is 0.333. The predicted octanol–water partition coefficient (Wildman–Crippen LogP) is 5.93. The number of rotatable bonds is 7. The van der Waals surface area contributed by atoms with Crippen LogP contribution in [0.15, 0.2) is 54.7 Å². The molecule has 1 N–H and O–H groups in total. The number of hydrogen-bond acceptors (Lipinski definition) is 4. The van der Waals surface area contributed by atoms with Gasteiger partial charge in [-0.1, -0.05) is 36.4 Å². The standard InChI is InChI=1S/C27H26FNO4/c1-32-26-13-22(23(28)15-29-26)17-4-6-18(7-5-17)24-11-10-19-8-9-20(12-25(19)33-24)21(14-27(30)31)16-2-3-16/h4-9,12-13,15-16,21,24H,2-3,10-11,14H2,1H3,(H,30,31). The van der Waals surface area contributed by atoms with Gasteiger partial charge in [0, 0.05) is 11.6 Å². The number of aromatic nitrogens is 1.